The number of fused-ring (bicyclic) bond motifs is 1. The second-order valence-corrected chi connectivity index (χ2v) is 3.83. The van der Waals surface area contributed by atoms with Crippen LogP contribution in [0, 0.1) is 0 Å². The first-order valence-corrected chi connectivity index (χ1v) is 4.83. The summed E-state index contributed by atoms with van der Waals surface area (Å²) >= 11 is 0. The maximum Gasteiger partial charge on any atom is 0.257 e. The van der Waals surface area contributed by atoms with Crippen LogP contribution in [-0.2, 0) is 0 Å². The third kappa shape index (κ3) is 1.51. The lowest BCUT2D eigenvalue weighted by Gasteiger charge is -2.13. The van der Waals surface area contributed by atoms with Gasteiger partial charge in [0.1, 0.15) is 0 Å². The van der Waals surface area contributed by atoms with E-state index in [0.717, 1.165) is 5.56 Å². The van der Waals surface area contributed by atoms with Gasteiger partial charge in [0.2, 0.25) is 0 Å². The first-order valence-electron chi connectivity index (χ1n) is 4.31. The summed E-state index contributed by atoms with van der Waals surface area (Å²) in [5.41, 5.74) is 7.84. The van der Waals surface area contributed by atoms with Crippen LogP contribution in [0.15, 0.2) is 24.3 Å². The van der Waals surface area contributed by atoms with E-state index in [1.165, 1.54) is 0 Å². The van der Waals surface area contributed by atoms with Gasteiger partial charge in [-0.15, -0.1) is 0 Å². The molecule has 2 rings (SSSR count). The molecule has 0 aliphatic carbocycles. The zero-order valence-corrected chi connectivity index (χ0v) is 8.76. The van der Waals surface area contributed by atoms with E-state index >= 15 is 0 Å². The third-order valence-corrected chi connectivity index (χ3v) is 2.61. The molecule has 3 nitrogen and oxygen atoms in total. The summed E-state index contributed by atoms with van der Waals surface area (Å²) in [6.07, 6.45) is 3.89. The van der Waals surface area contributed by atoms with Crippen molar-refractivity contribution in [2.45, 2.75) is 0 Å². The van der Waals surface area contributed by atoms with E-state index in [1.54, 1.807) is 16.8 Å². The highest BCUT2D eigenvalue weighted by Crippen LogP contribution is 2.21. The molecule has 1 atom stereocenters. The van der Waals surface area contributed by atoms with Crippen LogP contribution in [0.3, 0.4) is 0 Å². The predicted molar refractivity (Wildman–Crippen MR) is 60.6 cm³/mol. The van der Waals surface area contributed by atoms with Gasteiger partial charge in [-0.25, -0.2) is 0 Å². The number of nitrogens with zero attached hydrogens (tertiary/aromatic N) is 1. The maximum atomic E-state index is 11.8. The minimum atomic E-state index is -0.0118. The summed E-state index contributed by atoms with van der Waals surface area (Å²) in [7, 11) is 2.41. The van der Waals surface area contributed by atoms with Gasteiger partial charge in [0.15, 0.2) is 0 Å². The number of rotatable bonds is 0. The van der Waals surface area contributed by atoms with Crippen molar-refractivity contribution in [2.24, 2.45) is 0 Å². The third-order valence-electron chi connectivity index (χ3n) is 2.17. The number of nitrogens with two attached hydrogens (primary N) is 1. The van der Waals surface area contributed by atoms with Crippen molar-refractivity contribution in [1.29, 1.82) is 0 Å². The van der Waals surface area contributed by atoms with E-state index in [0.29, 0.717) is 17.8 Å². The Bertz CT molecular complexity index is 415. The van der Waals surface area contributed by atoms with Crippen molar-refractivity contribution >= 4 is 27.1 Å². The summed E-state index contributed by atoms with van der Waals surface area (Å²) in [6.45, 7) is 0.609. The van der Waals surface area contributed by atoms with Gasteiger partial charge in [-0.1, -0.05) is 18.2 Å². The fourth-order valence-corrected chi connectivity index (χ4v) is 1.70. The number of carbonyl (C=O) groups is 1. The standard InChI is InChI=1S/C10H11N2OP/c11-8-4-3-7-2-1-5-12(14)10(13)9(7)6-8/h1-4,6H,5,11,14H2. The number of carbonyl (C=O) groups excluding carboxylic acids is 1. The molecule has 1 unspecified atom stereocenters. The van der Waals surface area contributed by atoms with Crippen LogP contribution in [0.5, 0.6) is 0 Å². The van der Waals surface area contributed by atoms with Crippen LogP contribution in [0.25, 0.3) is 6.08 Å². The lowest BCUT2D eigenvalue weighted by Crippen LogP contribution is -2.20. The van der Waals surface area contributed by atoms with Crippen molar-refractivity contribution in [1.82, 2.24) is 4.67 Å². The van der Waals surface area contributed by atoms with Gasteiger partial charge < -0.3 is 10.4 Å². The van der Waals surface area contributed by atoms with Crippen molar-refractivity contribution in [3.63, 3.8) is 0 Å². The molecule has 14 heavy (non-hydrogen) atoms. The quantitative estimate of drug-likeness (QED) is 0.516. The monoisotopic (exact) mass is 206 g/mol. The van der Waals surface area contributed by atoms with Gasteiger partial charge in [-0.05, 0) is 27.1 Å². The zero-order valence-electron chi connectivity index (χ0n) is 7.60. The molecule has 0 aromatic heterocycles. The van der Waals surface area contributed by atoms with Gasteiger partial charge >= 0.3 is 0 Å². The van der Waals surface area contributed by atoms with E-state index in [2.05, 4.69) is 9.39 Å². The zero-order chi connectivity index (χ0) is 10.1. The highest BCUT2D eigenvalue weighted by Gasteiger charge is 2.16. The first kappa shape index (κ1) is 9.22. The van der Waals surface area contributed by atoms with Crippen LogP contribution in [0.1, 0.15) is 15.9 Å². The highest BCUT2D eigenvalue weighted by molar-refractivity contribution is 7.14. The Morgan fingerprint density at radius 3 is 3.00 bits per heavy atom. The molecule has 72 valence electrons. The summed E-state index contributed by atoms with van der Waals surface area (Å²) in [6, 6.07) is 5.38. The van der Waals surface area contributed by atoms with Gasteiger partial charge in [0, 0.05) is 17.8 Å². The smallest absolute Gasteiger partial charge is 0.257 e. The molecule has 1 amide bonds. The number of benzene rings is 1. The Balaban J connectivity index is 2.57. The molecule has 1 aromatic carbocycles. The SMILES string of the molecule is Nc1ccc2c(c1)C(=O)N(P)CC=C2. The average Bonchev–Trinajstić information content (AvgIpc) is 2.30. The molecule has 4 heteroatoms. The molecule has 0 saturated heterocycles. The van der Waals surface area contributed by atoms with Crippen molar-refractivity contribution in [3.05, 3.63) is 35.4 Å². The normalized spacial score (nSPS) is 15.2. The maximum absolute atomic E-state index is 11.8. The second-order valence-electron chi connectivity index (χ2n) is 3.21. The average molecular weight is 206 g/mol. The number of amides is 1. The first-order chi connectivity index (χ1) is 6.68. The van der Waals surface area contributed by atoms with Crippen molar-refractivity contribution < 1.29 is 4.79 Å². The van der Waals surface area contributed by atoms with Crippen molar-refractivity contribution in [2.75, 3.05) is 12.3 Å². The topological polar surface area (TPSA) is 46.3 Å². The lowest BCUT2D eigenvalue weighted by molar-refractivity contribution is 0.0881. The molecular weight excluding hydrogens is 195 g/mol. The minimum Gasteiger partial charge on any atom is -0.399 e. The number of hydrogen-bond donors (Lipinski definition) is 1. The molecule has 0 radical (unpaired) electrons. The molecule has 0 fully saturated rings. The predicted octanol–water partition coefficient (Wildman–Crippen LogP) is 1.53. The lowest BCUT2D eigenvalue weighted by atomic mass is 10.1. The molecule has 0 saturated carbocycles. The van der Waals surface area contributed by atoms with Crippen LogP contribution in [-0.4, -0.2) is 17.1 Å². The summed E-state index contributed by atoms with van der Waals surface area (Å²) < 4.78 is 1.59. The fourth-order valence-electron chi connectivity index (χ4n) is 1.44. The molecule has 1 aromatic rings. The Labute approximate surface area is 84.8 Å². The number of nitrogen functional groups attached to an aromatic ring is 1. The van der Waals surface area contributed by atoms with Crippen LogP contribution in [0.2, 0.25) is 0 Å². The minimum absolute atomic E-state index is 0.0118. The molecular formula is C10H11N2OP. The molecule has 0 spiro atoms. The number of anilines is 1. The number of hydrogen-bond acceptors (Lipinski definition) is 2. The van der Waals surface area contributed by atoms with Crippen LogP contribution >= 0.6 is 9.39 Å². The fraction of sp³-hybridized carbons (Fsp3) is 0.100. The molecule has 1 aliphatic rings. The summed E-state index contributed by atoms with van der Waals surface area (Å²) in [5, 5.41) is 0. The molecule has 0 bridgehead atoms. The Hall–Kier alpha value is -1.34. The largest absolute Gasteiger partial charge is 0.399 e. The van der Waals surface area contributed by atoms with Gasteiger partial charge in [-0.3, -0.25) is 4.79 Å². The second kappa shape index (κ2) is 3.43. The van der Waals surface area contributed by atoms with Crippen molar-refractivity contribution in [3.8, 4) is 0 Å². The van der Waals surface area contributed by atoms with E-state index in [1.807, 2.05) is 18.2 Å². The van der Waals surface area contributed by atoms with E-state index < -0.39 is 0 Å². The molecule has 1 aliphatic heterocycles. The Kier molecular flexibility index (Phi) is 2.26. The van der Waals surface area contributed by atoms with E-state index in [-0.39, 0.29) is 5.91 Å². The Morgan fingerprint density at radius 1 is 1.43 bits per heavy atom. The summed E-state index contributed by atoms with van der Waals surface area (Å²) in [5.74, 6) is -0.0118. The highest BCUT2D eigenvalue weighted by atomic mass is 31.0. The summed E-state index contributed by atoms with van der Waals surface area (Å²) in [4.78, 5) is 11.8. The van der Waals surface area contributed by atoms with Crippen LogP contribution < -0.4 is 5.73 Å². The van der Waals surface area contributed by atoms with Gasteiger partial charge in [-0.2, -0.15) is 0 Å². The molecule has 2 N–H and O–H groups in total. The van der Waals surface area contributed by atoms with Crippen LogP contribution in [0.4, 0.5) is 5.69 Å². The van der Waals surface area contributed by atoms with Gasteiger partial charge in [0.05, 0.1) is 0 Å². The Morgan fingerprint density at radius 2 is 2.21 bits per heavy atom. The molecule has 1 heterocycles. The van der Waals surface area contributed by atoms with E-state index in [9.17, 15) is 4.79 Å². The van der Waals surface area contributed by atoms with E-state index in [4.69, 9.17) is 5.73 Å². The van der Waals surface area contributed by atoms with Gasteiger partial charge in [0.25, 0.3) is 5.91 Å².